The molecule has 19 heavy (non-hydrogen) atoms. The van der Waals surface area contributed by atoms with Gasteiger partial charge in [-0.3, -0.25) is 4.79 Å². The number of benzene rings is 1. The minimum absolute atomic E-state index is 0. The summed E-state index contributed by atoms with van der Waals surface area (Å²) in [5.74, 6) is 0.683. The summed E-state index contributed by atoms with van der Waals surface area (Å²) in [7, 11) is 3.65. The van der Waals surface area contributed by atoms with Gasteiger partial charge >= 0.3 is 0 Å². The van der Waals surface area contributed by atoms with Crippen molar-refractivity contribution < 1.29 is 9.53 Å². The fraction of sp³-hybridized carbons (Fsp3) is 0.462. The molecule has 0 saturated heterocycles. The third kappa shape index (κ3) is 6.66. The van der Waals surface area contributed by atoms with E-state index < -0.39 is 0 Å². The van der Waals surface area contributed by atoms with Gasteiger partial charge in [-0.1, -0.05) is 23.7 Å². The van der Waals surface area contributed by atoms with Crippen LogP contribution in [0.4, 0.5) is 0 Å². The van der Waals surface area contributed by atoms with E-state index in [4.69, 9.17) is 16.3 Å². The molecule has 0 atom stereocenters. The van der Waals surface area contributed by atoms with E-state index in [1.165, 1.54) is 0 Å². The number of nitrogens with one attached hydrogen (secondary N) is 1. The SMILES string of the molecule is CNCCN(C)C(=O)CCOc1ccccc1Cl.Cl. The molecule has 1 N–H and O–H groups in total. The van der Waals surface area contributed by atoms with Gasteiger partial charge in [0.05, 0.1) is 18.1 Å². The van der Waals surface area contributed by atoms with Gasteiger partial charge < -0.3 is 15.0 Å². The van der Waals surface area contributed by atoms with Crippen molar-refractivity contribution >= 4 is 29.9 Å². The van der Waals surface area contributed by atoms with Crippen molar-refractivity contribution in [2.24, 2.45) is 0 Å². The number of hydrogen-bond donors (Lipinski definition) is 1. The van der Waals surface area contributed by atoms with E-state index in [0.29, 0.717) is 30.3 Å². The number of likely N-dealkylation sites (N-methyl/N-ethyl adjacent to an activating group) is 2. The number of nitrogens with zero attached hydrogens (tertiary/aromatic N) is 1. The second-order valence-electron chi connectivity index (χ2n) is 3.95. The smallest absolute Gasteiger partial charge is 0.225 e. The number of halogens is 2. The summed E-state index contributed by atoms with van der Waals surface area (Å²) in [6.45, 7) is 1.82. The Hall–Kier alpha value is -0.970. The molecule has 0 fully saturated rings. The Labute approximate surface area is 125 Å². The van der Waals surface area contributed by atoms with Crippen LogP contribution in [0.25, 0.3) is 0 Å². The van der Waals surface area contributed by atoms with Crippen molar-refractivity contribution in [3.05, 3.63) is 29.3 Å². The van der Waals surface area contributed by atoms with Crippen LogP contribution in [-0.2, 0) is 4.79 Å². The lowest BCUT2D eigenvalue weighted by Gasteiger charge is -2.17. The zero-order valence-corrected chi connectivity index (χ0v) is 12.8. The van der Waals surface area contributed by atoms with Crippen molar-refractivity contribution in [2.45, 2.75) is 6.42 Å². The average molecular weight is 307 g/mol. The Balaban J connectivity index is 0.00000324. The zero-order valence-electron chi connectivity index (χ0n) is 11.2. The summed E-state index contributed by atoms with van der Waals surface area (Å²) in [5, 5.41) is 3.56. The lowest BCUT2D eigenvalue weighted by molar-refractivity contribution is -0.130. The second-order valence-corrected chi connectivity index (χ2v) is 4.35. The molecular formula is C13H20Cl2N2O2. The maximum absolute atomic E-state index is 11.7. The predicted octanol–water partition coefficient (Wildman–Crippen LogP) is 2.21. The van der Waals surface area contributed by atoms with E-state index in [9.17, 15) is 4.79 Å². The van der Waals surface area contributed by atoms with E-state index in [1.54, 1.807) is 24.1 Å². The molecule has 0 aromatic heterocycles. The van der Waals surface area contributed by atoms with Gasteiger partial charge in [-0.15, -0.1) is 12.4 Å². The molecule has 0 saturated carbocycles. The lowest BCUT2D eigenvalue weighted by atomic mass is 10.3. The first kappa shape index (κ1) is 18.0. The van der Waals surface area contributed by atoms with E-state index in [1.807, 2.05) is 19.2 Å². The van der Waals surface area contributed by atoms with Crippen molar-refractivity contribution in [2.75, 3.05) is 33.8 Å². The molecule has 0 aliphatic carbocycles. The number of hydrogen-bond acceptors (Lipinski definition) is 3. The molecule has 0 aliphatic rings. The van der Waals surface area contributed by atoms with Crippen LogP contribution in [-0.4, -0.2) is 44.6 Å². The van der Waals surface area contributed by atoms with Crippen molar-refractivity contribution in [3.63, 3.8) is 0 Å². The van der Waals surface area contributed by atoms with Crippen molar-refractivity contribution in [1.29, 1.82) is 0 Å². The van der Waals surface area contributed by atoms with Gasteiger partial charge in [0.1, 0.15) is 5.75 Å². The van der Waals surface area contributed by atoms with E-state index in [2.05, 4.69) is 5.32 Å². The topological polar surface area (TPSA) is 41.6 Å². The molecule has 1 aromatic rings. The van der Waals surface area contributed by atoms with Crippen molar-refractivity contribution in [1.82, 2.24) is 10.2 Å². The molecule has 4 nitrogen and oxygen atoms in total. The number of carbonyl (C=O) groups is 1. The average Bonchev–Trinajstić information content (AvgIpc) is 2.38. The number of amides is 1. The molecule has 1 aromatic carbocycles. The first-order valence-corrected chi connectivity index (χ1v) is 6.29. The highest BCUT2D eigenvalue weighted by molar-refractivity contribution is 6.32. The lowest BCUT2D eigenvalue weighted by Crippen LogP contribution is -2.33. The third-order valence-corrected chi connectivity index (χ3v) is 2.85. The second kappa shape index (κ2) is 9.89. The monoisotopic (exact) mass is 306 g/mol. The summed E-state index contributed by atoms with van der Waals surface area (Å²) in [6.07, 6.45) is 0.353. The maximum Gasteiger partial charge on any atom is 0.225 e. The highest BCUT2D eigenvalue weighted by Gasteiger charge is 2.08. The highest BCUT2D eigenvalue weighted by Crippen LogP contribution is 2.23. The van der Waals surface area contributed by atoms with Crippen LogP contribution >= 0.6 is 24.0 Å². The fourth-order valence-corrected chi connectivity index (χ4v) is 1.60. The van der Waals surface area contributed by atoms with Crippen LogP contribution in [0.5, 0.6) is 5.75 Å². The Bertz CT molecular complexity index is 389. The molecule has 0 radical (unpaired) electrons. The molecule has 6 heteroatoms. The first-order valence-electron chi connectivity index (χ1n) is 5.91. The molecule has 108 valence electrons. The summed E-state index contributed by atoms with van der Waals surface area (Å²) in [4.78, 5) is 13.4. The highest BCUT2D eigenvalue weighted by atomic mass is 35.5. The van der Waals surface area contributed by atoms with Crippen LogP contribution in [0, 0.1) is 0 Å². The van der Waals surface area contributed by atoms with E-state index >= 15 is 0 Å². The number of rotatable bonds is 7. The first-order chi connectivity index (χ1) is 8.65. The van der Waals surface area contributed by atoms with Gasteiger partial charge in [0, 0.05) is 20.1 Å². The van der Waals surface area contributed by atoms with Gasteiger partial charge in [-0.05, 0) is 19.2 Å². The molecule has 0 aliphatic heterocycles. The standard InChI is InChI=1S/C13H19ClN2O2.ClH/c1-15-8-9-16(2)13(17)7-10-18-12-6-4-3-5-11(12)14;/h3-6,15H,7-10H2,1-2H3;1H. The van der Waals surface area contributed by atoms with Crippen LogP contribution in [0.3, 0.4) is 0 Å². The molecule has 0 bridgehead atoms. The zero-order chi connectivity index (χ0) is 13.4. The number of ether oxygens (including phenoxy) is 1. The van der Waals surface area contributed by atoms with Gasteiger partial charge in [0.15, 0.2) is 0 Å². The van der Waals surface area contributed by atoms with Crippen LogP contribution < -0.4 is 10.1 Å². The molecule has 0 heterocycles. The van der Waals surface area contributed by atoms with Crippen molar-refractivity contribution in [3.8, 4) is 5.75 Å². The Kier molecular flexibility index (Phi) is 9.39. The quantitative estimate of drug-likeness (QED) is 0.840. The molecular weight excluding hydrogens is 287 g/mol. The number of carbonyl (C=O) groups excluding carboxylic acids is 1. The van der Waals surface area contributed by atoms with Crippen LogP contribution in [0.2, 0.25) is 5.02 Å². The third-order valence-electron chi connectivity index (χ3n) is 2.53. The largest absolute Gasteiger partial charge is 0.491 e. The summed E-state index contributed by atoms with van der Waals surface area (Å²) >= 11 is 5.94. The summed E-state index contributed by atoms with van der Waals surface area (Å²) in [6, 6.07) is 7.24. The van der Waals surface area contributed by atoms with Gasteiger partial charge in [0.25, 0.3) is 0 Å². The fourth-order valence-electron chi connectivity index (χ4n) is 1.41. The van der Waals surface area contributed by atoms with Crippen LogP contribution in [0.1, 0.15) is 6.42 Å². The predicted molar refractivity (Wildman–Crippen MR) is 80.4 cm³/mol. The minimum Gasteiger partial charge on any atom is -0.491 e. The van der Waals surface area contributed by atoms with Crippen LogP contribution in [0.15, 0.2) is 24.3 Å². The Morgan fingerprint density at radius 1 is 1.42 bits per heavy atom. The number of para-hydroxylation sites is 1. The molecule has 0 unspecified atom stereocenters. The van der Waals surface area contributed by atoms with Gasteiger partial charge in [-0.2, -0.15) is 0 Å². The minimum atomic E-state index is 0. The molecule has 1 amide bonds. The van der Waals surface area contributed by atoms with E-state index in [0.717, 1.165) is 6.54 Å². The summed E-state index contributed by atoms with van der Waals surface area (Å²) < 4.78 is 5.47. The Morgan fingerprint density at radius 3 is 2.74 bits per heavy atom. The summed E-state index contributed by atoms with van der Waals surface area (Å²) in [5.41, 5.74) is 0. The Morgan fingerprint density at radius 2 is 2.11 bits per heavy atom. The van der Waals surface area contributed by atoms with Gasteiger partial charge in [0.2, 0.25) is 5.91 Å². The molecule has 1 rings (SSSR count). The molecule has 0 spiro atoms. The van der Waals surface area contributed by atoms with Gasteiger partial charge in [-0.25, -0.2) is 0 Å². The normalized spacial score (nSPS) is 9.63. The van der Waals surface area contributed by atoms with E-state index in [-0.39, 0.29) is 18.3 Å². The maximum atomic E-state index is 11.7.